The van der Waals surface area contributed by atoms with Gasteiger partial charge in [0.05, 0.1) is 19.6 Å². The van der Waals surface area contributed by atoms with Crippen molar-refractivity contribution >= 4 is 11.6 Å². The van der Waals surface area contributed by atoms with Crippen LogP contribution in [0, 0.1) is 4.91 Å². The van der Waals surface area contributed by atoms with E-state index < -0.39 is 5.00 Å². The molecule has 3 nitrogen and oxygen atoms in total. The zero-order chi connectivity index (χ0) is 14.4. The Labute approximate surface area is 121 Å². The Morgan fingerprint density at radius 2 is 1.79 bits per heavy atom. The first-order chi connectivity index (χ1) is 8.97. The van der Waals surface area contributed by atoms with E-state index in [1.54, 1.807) is 6.92 Å². The van der Waals surface area contributed by atoms with Crippen LogP contribution in [0.2, 0.25) is 0 Å². The molecule has 4 heteroatoms. The van der Waals surface area contributed by atoms with Gasteiger partial charge in [-0.3, -0.25) is 0 Å². The number of rotatable bonds is 8. The summed E-state index contributed by atoms with van der Waals surface area (Å²) in [6, 6.07) is 10.5. The highest BCUT2D eigenvalue weighted by molar-refractivity contribution is 6.23. The molecular formula is C15H24ClN2O+. The average Bonchev–Trinajstić information content (AvgIpc) is 2.45. The Kier molecular flexibility index (Phi) is 5.95. The van der Waals surface area contributed by atoms with E-state index in [4.69, 9.17) is 11.6 Å². The van der Waals surface area contributed by atoms with Crippen LogP contribution in [0.3, 0.4) is 0 Å². The smallest absolute Gasteiger partial charge is 0.178 e. The van der Waals surface area contributed by atoms with E-state index >= 15 is 0 Å². The molecule has 1 unspecified atom stereocenters. The Bertz CT molecular complexity index is 388. The minimum atomic E-state index is -0.982. The fourth-order valence-electron chi connectivity index (χ4n) is 2.30. The molecule has 0 aliphatic carbocycles. The SMILES string of the molecule is CC[N+](CC)(CCC(C)(Cl)N=O)Cc1ccccc1. The first-order valence-corrected chi connectivity index (χ1v) is 7.27. The first kappa shape index (κ1) is 16.1. The van der Waals surface area contributed by atoms with Crippen LogP contribution >= 0.6 is 11.6 Å². The number of benzene rings is 1. The van der Waals surface area contributed by atoms with E-state index in [1.165, 1.54) is 5.56 Å². The van der Waals surface area contributed by atoms with E-state index in [0.29, 0.717) is 6.42 Å². The van der Waals surface area contributed by atoms with E-state index in [0.717, 1.165) is 30.7 Å². The average molecular weight is 284 g/mol. The van der Waals surface area contributed by atoms with Crippen LogP contribution in [0.25, 0.3) is 0 Å². The van der Waals surface area contributed by atoms with Crippen molar-refractivity contribution in [1.82, 2.24) is 0 Å². The summed E-state index contributed by atoms with van der Waals surface area (Å²) < 4.78 is 0.932. The maximum atomic E-state index is 10.7. The summed E-state index contributed by atoms with van der Waals surface area (Å²) in [6.07, 6.45) is 0.604. The van der Waals surface area contributed by atoms with Gasteiger partial charge in [0.25, 0.3) is 0 Å². The van der Waals surface area contributed by atoms with Gasteiger partial charge in [-0.15, -0.1) is 4.91 Å². The van der Waals surface area contributed by atoms with Gasteiger partial charge in [0.2, 0.25) is 0 Å². The molecule has 1 atom stereocenters. The molecule has 0 heterocycles. The second-order valence-corrected chi connectivity index (χ2v) is 6.14. The molecule has 19 heavy (non-hydrogen) atoms. The van der Waals surface area contributed by atoms with Gasteiger partial charge in [-0.05, 0) is 25.9 Å². The second-order valence-electron chi connectivity index (χ2n) is 5.33. The number of halogens is 1. The number of nitrogens with zero attached hydrogens (tertiary/aromatic N) is 2. The van der Waals surface area contributed by atoms with Crippen LogP contribution in [0.5, 0.6) is 0 Å². The molecule has 0 saturated carbocycles. The summed E-state index contributed by atoms with van der Waals surface area (Å²) in [6.45, 7) is 9.95. The summed E-state index contributed by atoms with van der Waals surface area (Å²) in [5.41, 5.74) is 1.32. The van der Waals surface area contributed by atoms with Crippen molar-refractivity contribution in [3.63, 3.8) is 0 Å². The van der Waals surface area contributed by atoms with Crippen molar-refractivity contribution in [2.75, 3.05) is 19.6 Å². The van der Waals surface area contributed by atoms with Crippen molar-refractivity contribution in [3.8, 4) is 0 Å². The Hall–Kier alpha value is -0.930. The first-order valence-electron chi connectivity index (χ1n) is 6.89. The summed E-state index contributed by atoms with van der Waals surface area (Å²) in [7, 11) is 0. The van der Waals surface area contributed by atoms with Gasteiger partial charge in [-0.2, -0.15) is 0 Å². The minimum absolute atomic E-state index is 0.604. The zero-order valence-electron chi connectivity index (χ0n) is 12.1. The third kappa shape index (κ3) is 4.92. The Morgan fingerprint density at radius 1 is 1.21 bits per heavy atom. The van der Waals surface area contributed by atoms with Crippen LogP contribution in [0.4, 0.5) is 0 Å². The summed E-state index contributed by atoms with van der Waals surface area (Å²) in [4.78, 5) is 9.71. The largest absolute Gasteiger partial charge is 0.320 e. The van der Waals surface area contributed by atoms with Crippen molar-refractivity contribution < 1.29 is 4.48 Å². The van der Waals surface area contributed by atoms with E-state index in [-0.39, 0.29) is 0 Å². The molecule has 0 aromatic heterocycles. The fraction of sp³-hybridized carbons (Fsp3) is 0.600. The molecule has 0 N–H and O–H groups in total. The van der Waals surface area contributed by atoms with Crippen molar-refractivity contribution in [1.29, 1.82) is 0 Å². The molecule has 0 fully saturated rings. The molecule has 0 spiro atoms. The molecule has 106 valence electrons. The zero-order valence-corrected chi connectivity index (χ0v) is 12.9. The summed E-state index contributed by atoms with van der Waals surface area (Å²) in [5.74, 6) is 0. The molecule has 0 amide bonds. The number of hydrogen-bond acceptors (Lipinski definition) is 2. The third-order valence-electron chi connectivity index (χ3n) is 3.94. The number of alkyl halides is 1. The van der Waals surface area contributed by atoms with Gasteiger partial charge in [-0.25, -0.2) is 0 Å². The van der Waals surface area contributed by atoms with Crippen LogP contribution in [-0.4, -0.2) is 29.1 Å². The van der Waals surface area contributed by atoms with E-state index in [2.05, 4.69) is 43.3 Å². The topological polar surface area (TPSA) is 29.4 Å². The van der Waals surface area contributed by atoms with Gasteiger partial charge in [0.15, 0.2) is 5.00 Å². The lowest BCUT2D eigenvalue weighted by Gasteiger charge is -2.38. The van der Waals surface area contributed by atoms with Gasteiger partial charge in [-0.1, -0.05) is 41.9 Å². The molecule has 0 aliphatic rings. The van der Waals surface area contributed by atoms with E-state index in [9.17, 15) is 4.91 Å². The fourth-order valence-corrected chi connectivity index (χ4v) is 2.38. The molecule has 1 aromatic carbocycles. The number of hydrogen-bond donors (Lipinski definition) is 0. The number of nitroso groups, excluding NO2 is 1. The summed E-state index contributed by atoms with van der Waals surface area (Å²) >= 11 is 6.05. The standard InChI is InChI=1S/C15H24ClN2O/c1-4-18(5-2,12-11-15(3,16)17-19)13-14-9-7-6-8-10-14/h6-10H,4-5,11-13H2,1-3H3/q+1. The normalized spacial score (nSPS) is 14.9. The van der Waals surface area contributed by atoms with Crippen molar-refractivity contribution in [3.05, 3.63) is 40.8 Å². The molecule has 1 aromatic rings. The Balaban J connectivity index is 2.77. The van der Waals surface area contributed by atoms with Gasteiger partial charge < -0.3 is 4.48 Å². The van der Waals surface area contributed by atoms with Crippen molar-refractivity contribution in [2.45, 2.75) is 38.7 Å². The molecule has 0 radical (unpaired) electrons. The lowest BCUT2D eigenvalue weighted by atomic mass is 10.1. The highest BCUT2D eigenvalue weighted by Gasteiger charge is 2.30. The Morgan fingerprint density at radius 3 is 2.26 bits per heavy atom. The monoisotopic (exact) mass is 283 g/mol. The van der Waals surface area contributed by atoms with Crippen LogP contribution < -0.4 is 0 Å². The predicted molar refractivity (Wildman–Crippen MR) is 81.0 cm³/mol. The third-order valence-corrected chi connectivity index (χ3v) is 4.19. The lowest BCUT2D eigenvalue weighted by molar-refractivity contribution is -0.938. The van der Waals surface area contributed by atoms with E-state index in [1.807, 2.05) is 6.07 Å². The quantitative estimate of drug-likeness (QED) is 0.305. The van der Waals surface area contributed by atoms with Gasteiger partial charge in [0.1, 0.15) is 6.54 Å². The molecule has 0 saturated heterocycles. The maximum absolute atomic E-state index is 10.7. The lowest BCUT2D eigenvalue weighted by Crippen LogP contribution is -2.48. The second kappa shape index (κ2) is 7.01. The minimum Gasteiger partial charge on any atom is -0.320 e. The molecule has 0 aliphatic heterocycles. The van der Waals surface area contributed by atoms with Gasteiger partial charge >= 0.3 is 0 Å². The number of quaternary nitrogens is 1. The molecule has 1 rings (SSSR count). The van der Waals surface area contributed by atoms with Crippen LogP contribution in [0.1, 0.15) is 32.8 Å². The van der Waals surface area contributed by atoms with Crippen LogP contribution in [0.15, 0.2) is 35.5 Å². The summed E-state index contributed by atoms with van der Waals surface area (Å²) in [5, 5.41) is 3.00. The molecule has 0 bridgehead atoms. The van der Waals surface area contributed by atoms with Crippen molar-refractivity contribution in [2.24, 2.45) is 5.18 Å². The maximum Gasteiger partial charge on any atom is 0.178 e. The highest BCUT2D eigenvalue weighted by Crippen LogP contribution is 2.24. The molecular weight excluding hydrogens is 260 g/mol. The van der Waals surface area contributed by atoms with Crippen LogP contribution in [-0.2, 0) is 6.54 Å². The highest BCUT2D eigenvalue weighted by atomic mass is 35.5. The van der Waals surface area contributed by atoms with Gasteiger partial charge in [0, 0.05) is 12.0 Å². The predicted octanol–water partition coefficient (Wildman–Crippen LogP) is 4.15.